The molecule has 0 aromatic rings. The third-order valence-electron chi connectivity index (χ3n) is 5.68. The SMILES string of the molecule is CCN1CCCC1CN1CC(C(=O)N2CCNCC2C)CC1=O.Cl.Cl. The molecule has 3 heterocycles. The van der Waals surface area contributed by atoms with Crippen LogP contribution in [0.25, 0.3) is 0 Å². The first-order valence-electron chi connectivity index (χ1n) is 9.13. The van der Waals surface area contributed by atoms with Gasteiger partial charge in [-0.25, -0.2) is 0 Å². The Morgan fingerprint density at radius 2 is 2.04 bits per heavy atom. The number of hydrogen-bond acceptors (Lipinski definition) is 4. The first-order chi connectivity index (χ1) is 11.1. The maximum Gasteiger partial charge on any atom is 0.228 e. The minimum atomic E-state index is -0.139. The number of likely N-dealkylation sites (tertiary alicyclic amines) is 2. The Labute approximate surface area is 163 Å². The Kier molecular flexibility index (Phi) is 8.95. The van der Waals surface area contributed by atoms with Gasteiger partial charge in [0.1, 0.15) is 0 Å². The molecule has 3 unspecified atom stereocenters. The molecule has 1 N–H and O–H groups in total. The summed E-state index contributed by atoms with van der Waals surface area (Å²) in [4.78, 5) is 31.5. The Morgan fingerprint density at radius 3 is 2.72 bits per heavy atom. The summed E-state index contributed by atoms with van der Waals surface area (Å²) in [6.45, 7) is 10.3. The molecule has 3 atom stereocenters. The normalized spacial score (nSPS) is 30.2. The molecule has 8 heteroatoms. The van der Waals surface area contributed by atoms with Gasteiger partial charge in [-0.05, 0) is 32.9 Å². The van der Waals surface area contributed by atoms with Gasteiger partial charge in [0.2, 0.25) is 11.8 Å². The van der Waals surface area contributed by atoms with Gasteiger partial charge in [-0.3, -0.25) is 14.5 Å². The monoisotopic (exact) mass is 394 g/mol. The number of nitrogens with one attached hydrogen (secondary N) is 1. The number of likely N-dealkylation sites (N-methyl/N-ethyl adjacent to an activating group) is 1. The maximum absolute atomic E-state index is 12.8. The standard InChI is InChI=1S/C17H30N4O2.2ClH/c1-3-19-7-4-5-15(19)12-20-11-14(9-16(20)22)17(23)21-8-6-18-10-13(21)2;;/h13-15,18H,3-12H2,1-2H3;2*1H. The summed E-state index contributed by atoms with van der Waals surface area (Å²) in [5, 5.41) is 3.31. The topological polar surface area (TPSA) is 55.9 Å². The van der Waals surface area contributed by atoms with Crippen molar-refractivity contribution in [3.8, 4) is 0 Å². The lowest BCUT2D eigenvalue weighted by Crippen LogP contribution is -2.54. The molecule has 0 spiro atoms. The predicted molar refractivity (Wildman–Crippen MR) is 103 cm³/mol. The minimum absolute atomic E-state index is 0. The Hall–Kier alpha value is -0.560. The lowest BCUT2D eigenvalue weighted by molar-refractivity contribution is -0.138. The van der Waals surface area contributed by atoms with Gasteiger partial charge >= 0.3 is 0 Å². The molecule has 3 rings (SSSR count). The second-order valence-electron chi connectivity index (χ2n) is 7.21. The Bertz CT molecular complexity index is 466. The zero-order valence-electron chi connectivity index (χ0n) is 15.3. The van der Waals surface area contributed by atoms with Crippen molar-refractivity contribution < 1.29 is 9.59 Å². The van der Waals surface area contributed by atoms with Crippen LogP contribution in [0.4, 0.5) is 0 Å². The number of piperazine rings is 1. The first kappa shape index (κ1) is 22.5. The quantitative estimate of drug-likeness (QED) is 0.771. The summed E-state index contributed by atoms with van der Waals surface area (Å²) < 4.78 is 0. The van der Waals surface area contributed by atoms with Crippen molar-refractivity contribution in [1.29, 1.82) is 0 Å². The van der Waals surface area contributed by atoms with E-state index < -0.39 is 0 Å². The Morgan fingerprint density at radius 1 is 1.28 bits per heavy atom. The van der Waals surface area contributed by atoms with E-state index in [-0.39, 0.29) is 48.6 Å². The maximum atomic E-state index is 12.8. The third-order valence-corrected chi connectivity index (χ3v) is 5.68. The number of nitrogens with zero attached hydrogens (tertiary/aromatic N) is 3. The molecule has 0 saturated carbocycles. The largest absolute Gasteiger partial charge is 0.340 e. The summed E-state index contributed by atoms with van der Waals surface area (Å²) >= 11 is 0. The van der Waals surface area contributed by atoms with E-state index in [2.05, 4.69) is 24.1 Å². The lowest BCUT2D eigenvalue weighted by atomic mass is 10.1. The molecule has 2 amide bonds. The van der Waals surface area contributed by atoms with Gasteiger partial charge in [-0.2, -0.15) is 0 Å². The molecule has 3 aliphatic rings. The molecule has 0 radical (unpaired) electrons. The molecule has 0 aliphatic carbocycles. The van der Waals surface area contributed by atoms with Crippen molar-refractivity contribution in [1.82, 2.24) is 20.0 Å². The average molecular weight is 395 g/mol. The molecule has 0 bridgehead atoms. The van der Waals surface area contributed by atoms with Crippen molar-refractivity contribution in [3.05, 3.63) is 0 Å². The molecule has 3 saturated heterocycles. The van der Waals surface area contributed by atoms with E-state index in [1.807, 2.05) is 9.80 Å². The first-order valence-corrected chi connectivity index (χ1v) is 9.13. The zero-order valence-corrected chi connectivity index (χ0v) is 16.9. The van der Waals surface area contributed by atoms with Gasteiger partial charge in [-0.15, -0.1) is 24.8 Å². The minimum Gasteiger partial charge on any atom is -0.340 e. The highest BCUT2D eigenvalue weighted by Gasteiger charge is 2.39. The van der Waals surface area contributed by atoms with Gasteiger partial charge < -0.3 is 15.1 Å². The summed E-state index contributed by atoms with van der Waals surface area (Å²) in [7, 11) is 0. The third kappa shape index (κ3) is 5.00. The van der Waals surface area contributed by atoms with Crippen LogP contribution in [0.15, 0.2) is 0 Å². The molecule has 0 aromatic carbocycles. The van der Waals surface area contributed by atoms with Crippen molar-refractivity contribution in [3.63, 3.8) is 0 Å². The fourth-order valence-electron chi connectivity index (χ4n) is 4.29. The van der Waals surface area contributed by atoms with Gasteiger partial charge in [0.05, 0.1) is 5.92 Å². The van der Waals surface area contributed by atoms with E-state index >= 15 is 0 Å². The highest BCUT2D eigenvalue weighted by Crippen LogP contribution is 2.25. The van der Waals surface area contributed by atoms with Crippen LogP contribution in [0.1, 0.15) is 33.1 Å². The van der Waals surface area contributed by atoms with E-state index in [9.17, 15) is 9.59 Å². The second-order valence-corrected chi connectivity index (χ2v) is 7.21. The van der Waals surface area contributed by atoms with Crippen LogP contribution in [0.3, 0.4) is 0 Å². The second kappa shape index (κ2) is 9.95. The van der Waals surface area contributed by atoms with Gasteiger partial charge in [0.25, 0.3) is 0 Å². The molecular formula is C17H32Cl2N4O2. The van der Waals surface area contributed by atoms with Crippen molar-refractivity contribution in [2.24, 2.45) is 5.92 Å². The number of amides is 2. The van der Waals surface area contributed by atoms with Crippen LogP contribution in [0.2, 0.25) is 0 Å². The molecule has 0 aromatic heterocycles. The Balaban J connectivity index is 0.00000156. The molecular weight excluding hydrogens is 363 g/mol. The van der Waals surface area contributed by atoms with Crippen LogP contribution in [0, 0.1) is 5.92 Å². The van der Waals surface area contributed by atoms with Crippen molar-refractivity contribution in [2.45, 2.75) is 45.2 Å². The summed E-state index contributed by atoms with van der Waals surface area (Å²) in [6.07, 6.45) is 2.79. The number of carbonyl (C=O) groups excluding carboxylic acids is 2. The van der Waals surface area contributed by atoms with Crippen molar-refractivity contribution in [2.75, 3.05) is 45.8 Å². The fraction of sp³-hybridized carbons (Fsp3) is 0.882. The van der Waals surface area contributed by atoms with Gasteiger partial charge in [0, 0.05) is 51.2 Å². The number of halogens is 2. The molecule has 3 aliphatic heterocycles. The zero-order chi connectivity index (χ0) is 16.4. The lowest BCUT2D eigenvalue weighted by Gasteiger charge is -2.35. The fourth-order valence-corrected chi connectivity index (χ4v) is 4.29. The molecule has 146 valence electrons. The van der Waals surface area contributed by atoms with E-state index in [0.717, 1.165) is 39.3 Å². The summed E-state index contributed by atoms with van der Waals surface area (Å²) in [5.41, 5.74) is 0. The van der Waals surface area contributed by atoms with Gasteiger partial charge in [-0.1, -0.05) is 6.92 Å². The highest BCUT2D eigenvalue weighted by atomic mass is 35.5. The van der Waals surface area contributed by atoms with E-state index in [1.54, 1.807) is 0 Å². The summed E-state index contributed by atoms with van der Waals surface area (Å²) in [6, 6.07) is 0.710. The van der Waals surface area contributed by atoms with Crippen LogP contribution in [0.5, 0.6) is 0 Å². The van der Waals surface area contributed by atoms with Crippen LogP contribution in [-0.4, -0.2) is 84.4 Å². The van der Waals surface area contributed by atoms with Crippen LogP contribution in [-0.2, 0) is 9.59 Å². The van der Waals surface area contributed by atoms with E-state index in [1.165, 1.54) is 12.8 Å². The molecule has 3 fully saturated rings. The number of rotatable bonds is 4. The van der Waals surface area contributed by atoms with Gasteiger partial charge in [0.15, 0.2) is 0 Å². The number of carbonyl (C=O) groups is 2. The van der Waals surface area contributed by atoms with Crippen LogP contribution >= 0.6 is 24.8 Å². The molecule has 25 heavy (non-hydrogen) atoms. The van der Waals surface area contributed by atoms with E-state index in [4.69, 9.17) is 0 Å². The van der Waals surface area contributed by atoms with Crippen molar-refractivity contribution >= 4 is 36.6 Å². The predicted octanol–water partition coefficient (Wildman–Crippen LogP) is 0.983. The smallest absolute Gasteiger partial charge is 0.228 e. The average Bonchev–Trinajstić information content (AvgIpc) is 3.14. The van der Waals surface area contributed by atoms with E-state index in [0.29, 0.717) is 19.0 Å². The highest BCUT2D eigenvalue weighted by molar-refractivity contribution is 5.89. The molecule has 6 nitrogen and oxygen atoms in total. The summed E-state index contributed by atoms with van der Waals surface area (Å²) in [5.74, 6) is 0.197. The number of hydrogen-bond donors (Lipinski definition) is 1. The van der Waals surface area contributed by atoms with Crippen LogP contribution < -0.4 is 5.32 Å².